The molecule has 6 atom stereocenters. The molecule has 1 aliphatic carbocycles. The predicted molar refractivity (Wildman–Crippen MR) is 101 cm³/mol. The highest BCUT2D eigenvalue weighted by atomic mass is 16.5. The van der Waals surface area contributed by atoms with Crippen molar-refractivity contribution >= 4 is 11.9 Å². The molecule has 0 amide bonds. The number of esters is 1. The topological polar surface area (TPSA) is 145 Å². The molecular weight excluding hydrogens is 368 g/mol. The zero-order chi connectivity index (χ0) is 21.8. The van der Waals surface area contributed by atoms with E-state index in [-0.39, 0.29) is 17.6 Å². The lowest BCUT2D eigenvalue weighted by Crippen LogP contribution is -2.54. The molecule has 0 bridgehead atoms. The summed E-state index contributed by atoms with van der Waals surface area (Å²) in [5.74, 6) is -4.36. The second-order valence-electron chi connectivity index (χ2n) is 7.22. The minimum Gasteiger partial charge on any atom is -0.478 e. The quantitative estimate of drug-likeness (QED) is 0.211. The minimum atomic E-state index is -1.53. The van der Waals surface area contributed by atoms with E-state index in [4.69, 9.17) is 9.84 Å². The SMILES string of the molecule is C=CC1(C)CC(OC(=O)C(=C)C(O)CO)C(C(=C)C(=O)O)C(O)C1C(=C)CO. The number of carboxylic acid groups (broad SMARTS) is 1. The molecule has 0 aliphatic heterocycles. The van der Waals surface area contributed by atoms with Crippen molar-refractivity contribution in [1.82, 2.24) is 0 Å². The van der Waals surface area contributed by atoms with E-state index in [0.29, 0.717) is 0 Å². The van der Waals surface area contributed by atoms with Crippen LogP contribution in [0.1, 0.15) is 13.3 Å². The van der Waals surface area contributed by atoms with E-state index >= 15 is 0 Å². The Labute approximate surface area is 163 Å². The fourth-order valence-corrected chi connectivity index (χ4v) is 3.67. The molecule has 5 N–H and O–H groups in total. The molecule has 0 saturated heterocycles. The Balaban J connectivity index is 3.35. The van der Waals surface area contributed by atoms with E-state index < -0.39 is 66.3 Å². The van der Waals surface area contributed by atoms with Crippen LogP contribution < -0.4 is 0 Å². The van der Waals surface area contributed by atoms with Gasteiger partial charge < -0.3 is 30.3 Å². The summed E-state index contributed by atoms with van der Waals surface area (Å²) < 4.78 is 5.36. The standard InChI is InChI=1S/C20H28O8/c1-6-20(5)7-14(28-19(27)11(3)13(23)9-22)15(12(4)18(25)26)17(24)16(20)10(2)8-21/h6,13-17,21-24H,1-4,7-9H2,5H3,(H,25,26). The fraction of sp³-hybridized carbons (Fsp3) is 0.500. The second-order valence-corrected chi connectivity index (χ2v) is 7.22. The largest absolute Gasteiger partial charge is 0.478 e. The molecule has 1 fully saturated rings. The van der Waals surface area contributed by atoms with Crippen molar-refractivity contribution in [2.45, 2.75) is 31.7 Å². The first kappa shape index (κ1) is 23.8. The van der Waals surface area contributed by atoms with Crippen molar-refractivity contribution in [3.63, 3.8) is 0 Å². The highest BCUT2D eigenvalue weighted by molar-refractivity contribution is 5.89. The van der Waals surface area contributed by atoms with E-state index in [0.717, 1.165) is 0 Å². The number of carboxylic acids is 1. The molecule has 0 aromatic heterocycles. The van der Waals surface area contributed by atoms with E-state index in [2.05, 4.69) is 26.3 Å². The number of carbonyl (C=O) groups excluding carboxylic acids is 1. The van der Waals surface area contributed by atoms with Crippen LogP contribution in [-0.2, 0) is 14.3 Å². The first-order valence-corrected chi connectivity index (χ1v) is 8.66. The van der Waals surface area contributed by atoms with Crippen LogP contribution in [-0.4, -0.2) is 69.0 Å². The highest BCUT2D eigenvalue weighted by Crippen LogP contribution is 2.50. The van der Waals surface area contributed by atoms with Crippen molar-refractivity contribution in [2.75, 3.05) is 13.2 Å². The lowest BCUT2D eigenvalue weighted by molar-refractivity contribution is -0.162. The number of allylic oxidation sites excluding steroid dienone is 1. The summed E-state index contributed by atoms with van der Waals surface area (Å²) in [6.07, 6.45) is -2.45. The van der Waals surface area contributed by atoms with Crippen LogP contribution in [0, 0.1) is 17.3 Å². The average molecular weight is 396 g/mol. The van der Waals surface area contributed by atoms with Gasteiger partial charge in [0, 0.05) is 11.5 Å². The van der Waals surface area contributed by atoms with E-state index in [1.807, 2.05) is 0 Å². The molecule has 1 aliphatic rings. The van der Waals surface area contributed by atoms with Gasteiger partial charge in [-0.25, -0.2) is 9.59 Å². The molecule has 0 aromatic rings. The van der Waals surface area contributed by atoms with Crippen LogP contribution in [0.4, 0.5) is 0 Å². The number of rotatable bonds is 9. The van der Waals surface area contributed by atoms with Gasteiger partial charge in [0.05, 0.1) is 30.8 Å². The van der Waals surface area contributed by atoms with Crippen molar-refractivity contribution in [2.24, 2.45) is 17.3 Å². The Bertz CT molecular complexity index is 682. The molecule has 1 saturated carbocycles. The van der Waals surface area contributed by atoms with Gasteiger partial charge >= 0.3 is 11.9 Å². The third-order valence-electron chi connectivity index (χ3n) is 5.34. The highest BCUT2D eigenvalue weighted by Gasteiger charge is 2.53. The Morgan fingerprint density at radius 1 is 1.29 bits per heavy atom. The van der Waals surface area contributed by atoms with E-state index in [1.54, 1.807) is 6.92 Å². The van der Waals surface area contributed by atoms with Gasteiger partial charge in [-0.15, -0.1) is 6.58 Å². The van der Waals surface area contributed by atoms with Gasteiger partial charge in [-0.05, 0) is 17.4 Å². The zero-order valence-corrected chi connectivity index (χ0v) is 15.9. The van der Waals surface area contributed by atoms with Crippen LogP contribution in [0.25, 0.3) is 0 Å². The first-order chi connectivity index (χ1) is 12.9. The Morgan fingerprint density at radius 3 is 2.29 bits per heavy atom. The summed E-state index contributed by atoms with van der Waals surface area (Å²) in [6.45, 7) is 14.9. The van der Waals surface area contributed by atoms with E-state index in [1.165, 1.54) is 6.08 Å². The van der Waals surface area contributed by atoms with Gasteiger partial charge in [0.2, 0.25) is 0 Å². The Morgan fingerprint density at radius 2 is 1.86 bits per heavy atom. The summed E-state index contributed by atoms with van der Waals surface area (Å²) in [5, 5.41) is 48.4. The smallest absolute Gasteiger partial charge is 0.336 e. The molecule has 6 unspecified atom stereocenters. The molecule has 0 heterocycles. The summed E-state index contributed by atoms with van der Waals surface area (Å²) in [7, 11) is 0. The van der Waals surface area contributed by atoms with Gasteiger partial charge in [-0.3, -0.25) is 0 Å². The van der Waals surface area contributed by atoms with Gasteiger partial charge in [-0.1, -0.05) is 32.7 Å². The number of carbonyl (C=O) groups is 2. The molecular formula is C20H28O8. The molecule has 0 spiro atoms. The summed E-state index contributed by atoms with van der Waals surface area (Å²) >= 11 is 0. The molecule has 8 heteroatoms. The van der Waals surface area contributed by atoms with Gasteiger partial charge in [-0.2, -0.15) is 0 Å². The maximum atomic E-state index is 12.3. The Kier molecular flexibility index (Phi) is 7.89. The number of aliphatic hydroxyl groups is 4. The lowest BCUT2D eigenvalue weighted by Gasteiger charge is -2.50. The predicted octanol–water partition coefficient (Wildman–Crippen LogP) is 0.186. The molecule has 0 radical (unpaired) electrons. The van der Waals surface area contributed by atoms with Gasteiger partial charge in [0.1, 0.15) is 12.2 Å². The maximum absolute atomic E-state index is 12.3. The van der Waals surface area contributed by atoms with Gasteiger partial charge in [0.15, 0.2) is 0 Å². The third kappa shape index (κ3) is 4.59. The number of hydrogen-bond acceptors (Lipinski definition) is 7. The molecule has 0 aromatic carbocycles. The van der Waals surface area contributed by atoms with Crippen molar-refractivity contribution in [1.29, 1.82) is 0 Å². The van der Waals surface area contributed by atoms with Crippen molar-refractivity contribution < 1.29 is 39.9 Å². The summed E-state index contributed by atoms with van der Waals surface area (Å²) in [5.41, 5.74) is -1.38. The summed E-state index contributed by atoms with van der Waals surface area (Å²) in [6, 6.07) is 0. The van der Waals surface area contributed by atoms with Crippen LogP contribution in [0.2, 0.25) is 0 Å². The average Bonchev–Trinajstić information content (AvgIpc) is 2.65. The number of aliphatic hydroxyl groups excluding tert-OH is 4. The number of hydrogen-bond donors (Lipinski definition) is 5. The van der Waals surface area contributed by atoms with Gasteiger partial charge in [0.25, 0.3) is 0 Å². The fourth-order valence-electron chi connectivity index (χ4n) is 3.67. The Hall–Kier alpha value is -2.26. The third-order valence-corrected chi connectivity index (χ3v) is 5.34. The lowest BCUT2D eigenvalue weighted by atomic mass is 9.58. The van der Waals surface area contributed by atoms with E-state index in [9.17, 15) is 30.0 Å². The summed E-state index contributed by atoms with van der Waals surface area (Å²) in [4.78, 5) is 23.8. The minimum absolute atomic E-state index is 0.0580. The van der Waals surface area contributed by atoms with Crippen LogP contribution >= 0.6 is 0 Å². The second kappa shape index (κ2) is 9.29. The first-order valence-electron chi connectivity index (χ1n) is 8.66. The van der Waals surface area contributed by atoms with Crippen molar-refractivity contribution in [3.8, 4) is 0 Å². The van der Waals surface area contributed by atoms with Crippen LogP contribution in [0.15, 0.2) is 49.1 Å². The normalized spacial score (nSPS) is 30.8. The molecule has 8 nitrogen and oxygen atoms in total. The molecule has 156 valence electrons. The maximum Gasteiger partial charge on any atom is 0.336 e. The van der Waals surface area contributed by atoms with Crippen molar-refractivity contribution in [3.05, 3.63) is 49.1 Å². The van der Waals surface area contributed by atoms with Crippen LogP contribution in [0.5, 0.6) is 0 Å². The zero-order valence-electron chi connectivity index (χ0n) is 15.9. The number of aliphatic carboxylic acids is 1. The van der Waals surface area contributed by atoms with Crippen LogP contribution in [0.3, 0.4) is 0 Å². The monoisotopic (exact) mass is 396 g/mol. The molecule has 1 rings (SSSR count). The number of ether oxygens (including phenoxy) is 1. The molecule has 28 heavy (non-hydrogen) atoms.